The van der Waals surface area contributed by atoms with E-state index in [4.69, 9.17) is 5.84 Å². The number of aromatic nitrogens is 5. The van der Waals surface area contributed by atoms with Crippen LogP contribution < -0.4 is 5.84 Å². The van der Waals surface area contributed by atoms with Crippen LogP contribution in [0.4, 0.5) is 0 Å². The Hall–Kier alpha value is -3.59. The standard InChI is InChI=1S/C24H27N7OS/c1-18-15-19(2)31(28-18)23-26-27-24(30(23)25)33-17-22(32)29(16-21-11-7-4-8-12-21)14-13-20-9-5-3-6-10-20/h3-12,15H,13-14,16-17,25H2,1-2H3. The monoisotopic (exact) mass is 461 g/mol. The molecule has 170 valence electrons. The first kappa shape index (κ1) is 22.6. The molecule has 0 saturated carbocycles. The first-order chi connectivity index (χ1) is 16.0. The van der Waals surface area contributed by atoms with Crippen molar-refractivity contribution in [3.63, 3.8) is 0 Å². The van der Waals surface area contributed by atoms with Gasteiger partial charge in [-0.2, -0.15) is 5.10 Å². The van der Waals surface area contributed by atoms with Gasteiger partial charge in [-0.05, 0) is 37.5 Å². The Kier molecular flexibility index (Phi) is 7.09. The van der Waals surface area contributed by atoms with Gasteiger partial charge in [-0.25, -0.2) is 9.36 Å². The minimum Gasteiger partial charge on any atom is -0.337 e. The summed E-state index contributed by atoms with van der Waals surface area (Å²) in [7, 11) is 0. The summed E-state index contributed by atoms with van der Waals surface area (Å²) in [5, 5.41) is 13.2. The highest BCUT2D eigenvalue weighted by atomic mass is 32.2. The molecule has 2 aromatic heterocycles. The van der Waals surface area contributed by atoms with Crippen molar-refractivity contribution in [3.05, 3.63) is 89.2 Å². The van der Waals surface area contributed by atoms with Gasteiger partial charge >= 0.3 is 0 Å². The Morgan fingerprint density at radius 2 is 1.67 bits per heavy atom. The van der Waals surface area contributed by atoms with Crippen molar-refractivity contribution in [3.8, 4) is 5.95 Å². The van der Waals surface area contributed by atoms with Crippen molar-refractivity contribution in [2.75, 3.05) is 18.1 Å². The second-order valence-corrected chi connectivity index (χ2v) is 8.76. The van der Waals surface area contributed by atoms with Gasteiger partial charge in [-0.3, -0.25) is 4.79 Å². The molecular weight excluding hydrogens is 434 g/mol. The fraction of sp³-hybridized carbons (Fsp3) is 0.250. The van der Waals surface area contributed by atoms with Crippen LogP contribution in [0.2, 0.25) is 0 Å². The maximum atomic E-state index is 13.2. The lowest BCUT2D eigenvalue weighted by Gasteiger charge is -2.23. The minimum atomic E-state index is 0.0236. The van der Waals surface area contributed by atoms with E-state index in [-0.39, 0.29) is 11.7 Å². The number of hydrogen-bond donors (Lipinski definition) is 1. The Morgan fingerprint density at radius 3 is 2.30 bits per heavy atom. The highest BCUT2D eigenvalue weighted by Crippen LogP contribution is 2.19. The van der Waals surface area contributed by atoms with Gasteiger partial charge in [0.25, 0.3) is 5.95 Å². The van der Waals surface area contributed by atoms with Crippen molar-refractivity contribution in [1.29, 1.82) is 0 Å². The topological polar surface area (TPSA) is 94.9 Å². The summed E-state index contributed by atoms with van der Waals surface area (Å²) in [6.45, 7) is 5.02. The van der Waals surface area contributed by atoms with Crippen LogP contribution >= 0.6 is 11.8 Å². The minimum absolute atomic E-state index is 0.0236. The van der Waals surface area contributed by atoms with Crippen molar-refractivity contribution >= 4 is 17.7 Å². The van der Waals surface area contributed by atoms with E-state index in [0.717, 1.165) is 23.4 Å². The zero-order valence-corrected chi connectivity index (χ0v) is 19.6. The van der Waals surface area contributed by atoms with Crippen LogP contribution in [0.15, 0.2) is 71.9 Å². The number of amides is 1. The Bertz CT molecular complexity index is 1200. The molecule has 2 aromatic carbocycles. The molecule has 33 heavy (non-hydrogen) atoms. The van der Waals surface area contributed by atoms with Crippen molar-refractivity contribution in [1.82, 2.24) is 29.6 Å². The molecule has 9 heteroatoms. The van der Waals surface area contributed by atoms with Crippen LogP contribution in [0, 0.1) is 13.8 Å². The van der Waals surface area contributed by atoms with E-state index < -0.39 is 0 Å². The number of rotatable bonds is 9. The molecular formula is C24H27N7OS. The van der Waals surface area contributed by atoms with Crippen molar-refractivity contribution in [2.45, 2.75) is 32.0 Å². The third-order valence-corrected chi connectivity index (χ3v) is 6.18. The number of nitrogen functional groups attached to an aromatic ring is 1. The zero-order valence-electron chi connectivity index (χ0n) is 18.8. The SMILES string of the molecule is Cc1cc(C)n(-c2nnc(SCC(=O)N(CCc3ccccc3)Cc3ccccc3)n2N)n1. The summed E-state index contributed by atoms with van der Waals surface area (Å²) in [6, 6.07) is 22.2. The fourth-order valence-electron chi connectivity index (χ4n) is 3.57. The fourth-order valence-corrected chi connectivity index (χ4v) is 4.32. The summed E-state index contributed by atoms with van der Waals surface area (Å²) < 4.78 is 3.03. The number of nitrogens with two attached hydrogens (primary N) is 1. The van der Waals surface area contributed by atoms with Gasteiger partial charge < -0.3 is 10.7 Å². The van der Waals surface area contributed by atoms with Gasteiger partial charge in [-0.15, -0.1) is 10.2 Å². The average molecular weight is 462 g/mol. The molecule has 0 aliphatic heterocycles. The quantitative estimate of drug-likeness (QED) is 0.304. The smallest absolute Gasteiger partial charge is 0.271 e. The predicted octanol–water partition coefficient (Wildman–Crippen LogP) is 3.16. The maximum Gasteiger partial charge on any atom is 0.271 e. The van der Waals surface area contributed by atoms with E-state index in [1.807, 2.05) is 73.3 Å². The highest BCUT2D eigenvalue weighted by Gasteiger charge is 2.19. The van der Waals surface area contributed by atoms with E-state index in [2.05, 4.69) is 27.4 Å². The zero-order chi connectivity index (χ0) is 23.2. The number of hydrogen-bond acceptors (Lipinski definition) is 6. The van der Waals surface area contributed by atoms with E-state index in [9.17, 15) is 4.79 Å². The lowest BCUT2D eigenvalue weighted by atomic mass is 10.1. The van der Waals surface area contributed by atoms with E-state index in [0.29, 0.717) is 24.2 Å². The molecule has 2 N–H and O–H groups in total. The normalized spacial score (nSPS) is 11.0. The molecule has 8 nitrogen and oxygen atoms in total. The van der Waals surface area contributed by atoms with Crippen LogP contribution in [0.3, 0.4) is 0 Å². The van der Waals surface area contributed by atoms with E-state index >= 15 is 0 Å². The molecule has 1 amide bonds. The summed E-state index contributed by atoms with van der Waals surface area (Å²) >= 11 is 1.28. The van der Waals surface area contributed by atoms with Gasteiger partial charge in [0.2, 0.25) is 11.1 Å². The lowest BCUT2D eigenvalue weighted by Crippen LogP contribution is -2.34. The first-order valence-electron chi connectivity index (χ1n) is 10.7. The third-order valence-electron chi connectivity index (χ3n) is 5.25. The Balaban J connectivity index is 1.44. The molecule has 4 rings (SSSR count). The number of aryl methyl sites for hydroxylation is 2. The van der Waals surface area contributed by atoms with E-state index in [1.165, 1.54) is 22.0 Å². The Labute approximate surface area is 197 Å². The molecule has 0 fully saturated rings. The number of nitrogens with zero attached hydrogens (tertiary/aromatic N) is 6. The predicted molar refractivity (Wildman–Crippen MR) is 129 cm³/mol. The van der Waals surface area contributed by atoms with Crippen LogP contribution in [0.25, 0.3) is 5.95 Å². The summed E-state index contributed by atoms with van der Waals surface area (Å²) in [5.74, 6) is 6.88. The number of carbonyl (C=O) groups is 1. The van der Waals surface area contributed by atoms with Crippen LogP contribution in [-0.4, -0.2) is 47.8 Å². The Morgan fingerprint density at radius 1 is 1.00 bits per heavy atom. The molecule has 0 aliphatic carbocycles. The van der Waals surface area contributed by atoms with Crippen molar-refractivity contribution < 1.29 is 4.79 Å². The first-order valence-corrected chi connectivity index (χ1v) is 11.7. The summed E-state index contributed by atoms with van der Waals surface area (Å²) in [6.07, 6.45) is 0.791. The summed E-state index contributed by atoms with van der Waals surface area (Å²) in [4.78, 5) is 15.1. The van der Waals surface area contributed by atoms with Crippen LogP contribution in [0.5, 0.6) is 0 Å². The maximum absolute atomic E-state index is 13.2. The lowest BCUT2D eigenvalue weighted by molar-refractivity contribution is -0.128. The van der Waals surface area contributed by atoms with E-state index in [1.54, 1.807) is 4.68 Å². The molecule has 2 heterocycles. The van der Waals surface area contributed by atoms with Crippen LogP contribution in [0.1, 0.15) is 22.5 Å². The molecule has 0 spiro atoms. The molecule has 0 unspecified atom stereocenters. The number of carbonyl (C=O) groups excluding carboxylic acids is 1. The van der Waals surface area contributed by atoms with Crippen molar-refractivity contribution in [2.24, 2.45) is 0 Å². The molecule has 0 aliphatic rings. The van der Waals surface area contributed by atoms with Gasteiger partial charge in [0.05, 0.1) is 11.4 Å². The molecule has 0 bridgehead atoms. The second kappa shape index (κ2) is 10.4. The van der Waals surface area contributed by atoms with Gasteiger partial charge in [-0.1, -0.05) is 72.4 Å². The van der Waals surface area contributed by atoms with Gasteiger partial charge in [0.15, 0.2) is 0 Å². The second-order valence-electron chi connectivity index (χ2n) is 7.82. The molecule has 0 radical (unpaired) electrons. The average Bonchev–Trinajstić information content (AvgIpc) is 3.36. The molecule has 0 saturated heterocycles. The van der Waals surface area contributed by atoms with Gasteiger partial charge in [0, 0.05) is 18.8 Å². The highest BCUT2D eigenvalue weighted by molar-refractivity contribution is 7.99. The summed E-state index contributed by atoms with van der Waals surface area (Å²) in [5.41, 5.74) is 4.08. The number of thioether (sulfide) groups is 1. The third kappa shape index (κ3) is 5.61. The molecule has 0 atom stereocenters. The number of benzene rings is 2. The van der Waals surface area contributed by atoms with Crippen LogP contribution in [-0.2, 0) is 17.8 Å². The van der Waals surface area contributed by atoms with Gasteiger partial charge in [0.1, 0.15) is 0 Å². The largest absolute Gasteiger partial charge is 0.337 e. The molecule has 4 aromatic rings.